The third-order valence-electron chi connectivity index (χ3n) is 12.7. The Morgan fingerprint density at radius 2 is 0.891 bits per heavy atom. The van der Waals surface area contributed by atoms with Gasteiger partial charge in [-0.2, -0.15) is 0 Å². The zero-order valence-electron chi connectivity index (χ0n) is 34.1. The number of aromatic nitrogens is 5. The van der Waals surface area contributed by atoms with Crippen LogP contribution in [0, 0.1) is 0 Å². The normalized spacial score (nSPS) is 12.1. The van der Waals surface area contributed by atoms with E-state index in [1.165, 1.54) is 27.2 Å². The Hall–Kier alpha value is -8.81. The minimum atomic E-state index is 0.539. The Morgan fingerprint density at radius 3 is 1.67 bits per heavy atom. The number of fused-ring (bicyclic) bond motifs is 13. The van der Waals surface area contributed by atoms with E-state index >= 15 is 0 Å². The Labute approximate surface area is 364 Å². The van der Waals surface area contributed by atoms with Crippen molar-refractivity contribution in [1.82, 2.24) is 24.1 Å². The lowest BCUT2D eigenvalue weighted by atomic mass is 10.1. The van der Waals surface area contributed by atoms with E-state index in [4.69, 9.17) is 23.8 Å². The minimum Gasteiger partial charge on any atom is -0.456 e. The van der Waals surface area contributed by atoms with Crippen LogP contribution in [0.5, 0.6) is 0 Å². The van der Waals surface area contributed by atoms with Gasteiger partial charge in [0.15, 0.2) is 17.5 Å². The number of benzene rings is 9. The van der Waals surface area contributed by atoms with Gasteiger partial charge in [0.05, 0.1) is 33.1 Å². The molecule has 298 valence electrons. The van der Waals surface area contributed by atoms with E-state index in [9.17, 15) is 0 Å². The predicted molar refractivity (Wildman–Crippen MR) is 259 cm³/mol. The van der Waals surface area contributed by atoms with Crippen LogP contribution in [0.4, 0.5) is 0 Å². The second kappa shape index (κ2) is 13.3. The van der Waals surface area contributed by atoms with Gasteiger partial charge >= 0.3 is 0 Å². The van der Waals surface area contributed by atoms with Crippen molar-refractivity contribution in [2.75, 3.05) is 0 Å². The SMILES string of the molecule is c1ccc(-c2nc(-c3cc(-n4c5ccccc5c5c4ccc4c6ccccc6n(-c6ccccc6)c45)c4c(c3)oc3ccccc34)nc(-c3ccc4oc5ccccc5c4c3)n2)cc1. The second-order valence-corrected chi connectivity index (χ2v) is 16.3. The highest BCUT2D eigenvalue weighted by molar-refractivity contribution is 6.27. The van der Waals surface area contributed by atoms with E-state index in [0.717, 1.165) is 88.4 Å². The Morgan fingerprint density at radius 1 is 0.312 bits per heavy atom. The lowest BCUT2D eigenvalue weighted by Crippen LogP contribution is -2.01. The monoisotopic (exact) mass is 819 g/mol. The maximum Gasteiger partial charge on any atom is 0.164 e. The highest BCUT2D eigenvalue weighted by Crippen LogP contribution is 2.45. The lowest BCUT2D eigenvalue weighted by Gasteiger charge is -2.13. The summed E-state index contributed by atoms with van der Waals surface area (Å²) in [4.78, 5) is 15.6. The molecular weight excluding hydrogens is 787 g/mol. The van der Waals surface area contributed by atoms with Crippen molar-refractivity contribution < 1.29 is 8.83 Å². The van der Waals surface area contributed by atoms with E-state index in [1.807, 2.05) is 72.8 Å². The first-order chi connectivity index (χ1) is 31.7. The van der Waals surface area contributed by atoms with Crippen LogP contribution in [0.25, 0.3) is 133 Å². The average Bonchev–Trinajstić information content (AvgIpc) is 4.11. The molecule has 9 aromatic carbocycles. The van der Waals surface area contributed by atoms with E-state index in [2.05, 4.69) is 137 Å². The fourth-order valence-corrected chi connectivity index (χ4v) is 9.97. The van der Waals surface area contributed by atoms with Crippen LogP contribution in [0.15, 0.2) is 209 Å². The molecule has 5 heterocycles. The molecule has 7 heteroatoms. The molecule has 0 aliphatic heterocycles. The summed E-state index contributed by atoms with van der Waals surface area (Å²) in [5, 5.41) is 8.85. The van der Waals surface area contributed by atoms with Gasteiger partial charge in [-0.25, -0.2) is 15.0 Å². The number of nitrogens with zero attached hydrogens (tertiary/aromatic N) is 5. The van der Waals surface area contributed by atoms with Gasteiger partial charge in [0.2, 0.25) is 0 Å². The van der Waals surface area contributed by atoms with Crippen LogP contribution < -0.4 is 0 Å². The summed E-state index contributed by atoms with van der Waals surface area (Å²) < 4.78 is 17.8. The van der Waals surface area contributed by atoms with Gasteiger partial charge in [-0.1, -0.05) is 127 Å². The van der Waals surface area contributed by atoms with Crippen molar-refractivity contribution in [2.24, 2.45) is 0 Å². The van der Waals surface area contributed by atoms with Gasteiger partial charge < -0.3 is 18.0 Å². The smallest absolute Gasteiger partial charge is 0.164 e. The molecule has 0 unspecified atom stereocenters. The highest BCUT2D eigenvalue weighted by Gasteiger charge is 2.24. The van der Waals surface area contributed by atoms with Crippen LogP contribution in [0.2, 0.25) is 0 Å². The number of hydrogen-bond donors (Lipinski definition) is 0. The standard InChI is InChI=1S/C57H33N5O2/c1-3-15-34(16-4-1)55-58-56(35-27-30-50-43(31-35)39-20-9-13-25-48(39)63-50)60-57(59-55)36-32-47(52-42-22-10-14-26-49(42)64-51(52)33-36)62-45-24-12-8-21-41(45)53-46(62)29-28-40-38-19-7-11-23-44(38)61(54(40)53)37-17-5-2-6-18-37/h1-33H. The van der Waals surface area contributed by atoms with Crippen LogP contribution in [-0.4, -0.2) is 24.1 Å². The Balaban J connectivity index is 1.08. The molecule has 64 heavy (non-hydrogen) atoms. The highest BCUT2D eigenvalue weighted by atomic mass is 16.3. The third kappa shape index (κ3) is 5.06. The maximum atomic E-state index is 6.78. The average molecular weight is 820 g/mol. The minimum absolute atomic E-state index is 0.539. The second-order valence-electron chi connectivity index (χ2n) is 16.3. The molecule has 0 N–H and O–H groups in total. The van der Waals surface area contributed by atoms with Crippen molar-refractivity contribution in [1.29, 1.82) is 0 Å². The number of rotatable bonds is 5. The predicted octanol–water partition coefficient (Wildman–Crippen LogP) is 14.9. The molecule has 0 amide bonds. The molecule has 0 aliphatic carbocycles. The van der Waals surface area contributed by atoms with Gasteiger partial charge in [0.25, 0.3) is 0 Å². The molecule has 0 atom stereocenters. The fourth-order valence-electron chi connectivity index (χ4n) is 9.97. The molecule has 0 saturated heterocycles. The summed E-state index contributed by atoms with van der Waals surface area (Å²) in [5.74, 6) is 1.68. The van der Waals surface area contributed by atoms with Crippen LogP contribution in [0.1, 0.15) is 0 Å². The van der Waals surface area contributed by atoms with Crippen molar-refractivity contribution in [3.8, 4) is 45.5 Å². The summed E-state index contributed by atoms with van der Waals surface area (Å²) in [7, 11) is 0. The Bertz CT molecular complexity index is 4200. The summed E-state index contributed by atoms with van der Waals surface area (Å²) in [6.07, 6.45) is 0. The largest absolute Gasteiger partial charge is 0.456 e. The first kappa shape index (κ1) is 34.9. The van der Waals surface area contributed by atoms with Crippen molar-refractivity contribution in [3.63, 3.8) is 0 Å². The van der Waals surface area contributed by atoms with Gasteiger partial charge in [0.1, 0.15) is 22.3 Å². The van der Waals surface area contributed by atoms with Crippen molar-refractivity contribution in [3.05, 3.63) is 200 Å². The molecule has 5 aromatic heterocycles. The van der Waals surface area contributed by atoms with Crippen LogP contribution >= 0.6 is 0 Å². The number of hydrogen-bond acceptors (Lipinski definition) is 5. The molecule has 7 nitrogen and oxygen atoms in total. The zero-order valence-corrected chi connectivity index (χ0v) is 34.1. The molecule has 0 spiro atoms. The van der Waals surface area contributed by atoms with Crippen LogP contribution in [-0.2, 0) is 0 Å². The molecule has 0 bridgehead atoms. The maximum absolute atomic E-state index is 6.78. The summed E-state index contributed by atoms with van der Waals surface area (Å²) in [6.45, 7) is 0. The van der Waals surface area contributed by atoms with Gasteiger partial charge in [0, 0.05) is 60.1 Å². The molecule has 0 radical (unpaired) electrons. The fraction of sp³-hybridized carbons (Fsp3) is 0. The van der Waals surface area contributed by atoms with E-state index < -0.39 is 0 Å². The molecule has 14 aromatic rings. The van der Waals surface area contributed by atoms with Crippen molar-refractivity contribution >= 4 is 87.5 Å². The van der Waals surface area contributed by atoms with Crippen LogP contribution in [0.3, 0.4) is 0 Å². The van der Waals surface area contributed by atoms with E-state index in [1.54, 1.807) is 0 Å². The molecule has 0 saturated carbocycles. The summed E-state index contributed by atoms with van der Waals surface area (Å²) >= 11 is 0. The molecule has 0 fully saturated rings. The Kier molecular flexibility index (Phi) is 7.27. The van der Waals surface area contributed by atoms with Gasteiger partial charge in [-0.05, 0) is 72.8 Å². The van der Waals surface area contributed by atoms with Gasteiger partial charge in [-0.3, -0.25) is 0 Å². The first-order valence-electron chi connectivity index (χ1n) is 21.4. The topological polar surface area (TPSA) is 74.8 Å². The molecular formula is C57H33N5O2. The summed E-state index contributed by atoms with van der Waals surface area (Å²) in [5.41, 5.74) is 12.4. The summed E-state index contributed by atoms with van der Waals surface area (Å²) in [6, 6.07) is 69.7. The van der Waals surface area contributed by atoms with E-state index in [-0.39, 0.29) is 0 Å². The quantitative estimate of drug-likeness (QED) is 0.173. The number of furan rings is 2. The first-order valence-corrected chi connectivity index (χ1v) is 21.4. The number of para-hydroxylation sites is 5. The van der Waals surface area contributed by atoms with Crippen molar-refractivity contribution in [2.45, 2.75) is 0 Å². The van der Waals surface area contributed by atoms with Gasteiger partial charge in [-0.15, -0.1) is 0 Å². The third-order valence-corrected chi connectivity index (χ3v) is 12.7. The zero-order chi connectivity index (χ0) is 41.9. The molecule has 0 aliphatic rings. The van der Waals surface area contributed by atoms with E-state index in [0.29, 0.717) is 17.5 Å². The molecule has 14 rings (SSSR count). The lowest BCUT2D eigenvalue weighted by molar-refractivity contribution is 0.668.